The van der Waals surface area contributed by atoms with E-state index in [9.17, 15) is 9.59 Å². The fraction of sp³-hybridized carbons (Fsp3) is 0.222. The summed E-state index contributed by atoms with van der Waals surface area (Å²) in [6.07, 6.45) is 1.49. The molecule has 1 aliphatic heterocycles. The van der Waals surface area contributed by atoms with Gasteiger partial charge in [-0.2, -0.15) is 0 Å². The molecule has 2 heterocycles. The summed E-state index contributed by atoms with van der Waals surface area (Å²) in [4.78, 5) is 29.4. The molecule has 0 spiro atoms. The lowest BCUT2D eigenvalue weighted by Crippen LogP contribution is -2.31. The van der Waals surface area contributed by atoms with Crippen LogP contribution in [0, 0.1) is 0 Å². The number of pyridine rings is 1. The predicted octanol–water partition coefficient (Wildman–Crippen LogP) is 0.208. The van der Waals surface area contributed by atoms with Gasteiger partial charge < -0.3 is 10.3 Å². The lowest BCUT2D eigenvalue weighted by atomic mass is 10.3. The Morgan fingerprint density at radius 3 is 3.13 bits per heavy atom. The van der Waals surface area contributed by atoms with E-state index in [4.69, 9.17) is 0 Å². The normalized spacial score (nSPS) is 14.8. The zero-order chi connectivity index (χ0) is 10.7. The third-order valence-corrected chi connectivity index (χ3v) is 2.76. The number of carbonyl (C=O) groups excluding carboxylic acids is 1. The molecular formula is C9H9N3O2S. The zero-order valence-corrected chi connectivity index (χ0v) is 8.63. The first-order valence-electron chi connectivity index (χ1n) is 4.43. The number of amides is 1. The number of nitrogens with zero attached hydrogens (tertiary/aromatic N) is 1. The topological polar surface area (TPSA) is 74.3 Å². The van der Waals surface area contributed by atoms with Gasteiger partial charge in [-0.3, -0.25) is 14.6 Å². The van der Waals surface area contributed by atoms with Crippen molar-refractivity contribution in [3.05, 3.63) is 34.2 Å². The number of thioether (sulfide) groups is 1. The van der Waals surface area contributed by atoms with Gasteiger partial charge in [0.25, 0.3) is 11.5 Å². The number of aromatic nitrogens is 1. The molecule has 1 aromatic rings. The second kappa shape index (κ2) is 4.31. The minimum absolute atomic E-state index is 0.104. The standard InChI is InChI=1S/C9H9N3O2S/c13-7-6(2-1-3-10-7)8(14)12-9-11-4-5-15-9/h1-3H,4-5H2,(H,10,13)(H,11,12,14). The SMILES string of the molecule is O=C(NC1=NCCS1)c1ccc[nH]c1=O. The molecule has 1 amide bonds. The first kappa shape index (κ1) is 9.97. The largest absolute Gasteiger partial charge is 0.328 e. The van der Waals surface area contributed by atoms with Gasteiger partial charge in [0, 0.05) is 11.9 Å². The minimum Gasteiger partial charge on any atom is -0.328 e. The molecule has 5 nitrogen and oxygen atoms in total. The van der Waals surface area contributed by atoms with Crippen LogP contribution in [0.25, 0.3) is 0 Å². The van der Waals surface area contributed by atoms with E-state index in [0.717, 1.165) is 5.75 Å². The highest BCUT2D eigenvalue weighted by molar-refractivity contribution is 8.14. The van der Waals surface area contributed by atoms with Crippen molar-refractivity contribution in [2.24, 2.45) is 4.99 Å². The summed E-state index contributed by atoms with van der Waals surface area (Å²) >= 11 is 1.48. The van der Waals surface area contributed by atoms with E-state index in [2.05, 4.69) is 15.3 Å². The molecule has 0 unspecified atom stereocenters. The summed E-state index contributed by atoms with van der Waals surface area (Å²) in [5.74, 6) is 0.464. The Hall–Kier alpha value is -1.56. The first-order valence-corrected chi connectivity index (χ1v) is 5.42. The number of hydrogen-bond acceptors (Lipinski definition) is 4. The molecule has 0 aliphatic carbocycles. The van der Waals surface area contributed by atoms with Gasteiger partial charge in [-0.1, -0.05) is 11.8 Å². The van der Waals surface area contributed by atoms with E-state index in [1.165, 1.54) is 24.0 Å². The van der Waals surface area contributed by atoms with Crippen LogP contribution in [0.4, 0.5) is 0 Å². The molecule has 0 saturated carbocycles. The van der Waals surface area contributed by atoms with Crippen LogP contribution in [0.15, 0.2) is 28.1 Å². The van der Waals surface area contributed by atoms with Crippen LogP contribution >= 0.6 is 11.8 Å². The number of hydrogen-bond donors (Lipinski definition) is 2. The smallest absolute Gasteiger partial charge is 0.262 e. The minimum atomic E-state index is -0.412. The Kier molecular flexibility index (Phi) is 2.86. The van der Waals surface area contributed by atoms with Crippen molar-refractivity contribution >= 4 is 22.8 Å². The number of aliphatic imine (C=N–C) groups is 1. The summed E-state index contributed by atoms with van der Waals surface area (Å²) in [5, 5.41) is 3.18. The summed E-state index contributed by atoms with van der Waals surface area (Å²) in [7, 11) is 0. The Bertz CT molecular complexity index is 466. The molecular weight excluding hydrogens is 214 g/mol. The summed E-state index contributed by atoms with van der Waals surface area (Å²) in [6, 6.07) is 3.09. The molecule has 1 aromatic heterocycles. The maximum Gasteiger partial charge on any atom is 0.262 e. The van der Waals surface area contributed by atoms with E-state index in [1.54, 1.807) is 6.07 Å². The predicted molar refractivity (Wildman–Crippen MR) is 59.3 cm³/mol. The van der Waals surface area contributed by atoms with Gasteiger partial charge in [0.05, 0.1) is 6.54 Å². The lowest BCUT2D eigenvalue weighted by Gasteiger charge is -2.01. The van der Waals surface area contributed by atoms with E-state index < -0.39 is 11.5 Å². The zero-order valence-electron chi connectivity index (χ0n) is 7.82. The maximum absolute atomic E-state index is 11.6. The van der Waals surface area contributed by atoms with Gasteiger partial charge in [-0.15, -0.1) is 0 Å². The molecule has 0 fully saturated rings. The van der Waals surface area contributed by atoms with Crippen molar-refractivity contribution in [1.82, 2.24) is 10.3 Å². The molecule has 0 radical (unpaired) electrons. The van der Waals surface area contributed by atoms with Crippen LogP contribution in [0.3, 0.4) is 0 Å². The van der Waals surface area contributed by atoms with E-state index in [0.29, 0.717) is 11.7 Å². The monoisotopic (exact) mass is 223 g/mol. The van der Waals surface area contributed by atoms with Crippen molar-refractivity contribution in [3.63, 3.8) is 0 Å². The molecule has 6 heteroatoms. The number of amidine groups is 1. The Morgan fingerprint density at radius 2 is 2.47 bits per heavy atom. The van der Waals surface area contributed by atoms with Crippen molar-refractivity contribution in [2.75, 3.05) is 12.3 Å². The van der Waals surface area contributed by atoms with Crippen molar-refractivity contribution in [2.45, 2.75) is 0 Å². The molecule has 0 bridgehead atoms. The number of aromatic amines is 1. The molecule has 0 aromatic carbocycles. The van der Waals surface area contributed by atoms with E-state index in [1.807, 2.05) is 0 Å². The molecule has 2 N–H and O–H groups in total. The molecule has 2 rings (SSSR count). The third-order valence-electron chi connectivity index (χ3n) is 1.87. The summed E-state index contributed by atoms with van der Waals surface area (Å²) in [6.45, 7) is 0.714. The fourth-order valence-corrected chi connectivity index (χ4v) is 1.90. The molecule has 1 aliphatic rings. The Morgan fingerprint density at radius 1 is 1.60 bits per heavy atom. The van der Waals surface area contributed by atoms with Crippen LogP contribution < -0.4 is 10.9 Å². The van der Waals surface area contributed by atoms with Crippen LogP contribution in [0.2, 0.25) is 0 Å². The van der Waals surface area contributed by atoms with E-state index >= 15 is 0 Å². The highest BCUT2D eigenvalue weighted by Gasteiger charge is 2.14. The van der Waals surface area contributed by atoms with E-state index in [-0.39, 0.29) is 5.56 Å². The van der Waals surface area contributed by atoms with Gasteiger partial charge >= 0.3 is 0 Å². The van der Waals surface area contributed by atoms with Crippen molar-refractivity contribution in [1.29, 1.82) is 0 Å². The van der Waals surface area contributed by atoms with Crippen molar-refractivity contribution < 1.29 is 4.79 Å². The van der Waals surface area contributed by atoms with Crippen LogP contribution in [-0.2, 0) is 0 Å². The molecule has 0 saturated heterocycles. The average molecular weight is 223 g/mol. The van der Waals surface area contributed by atoms with Crippen LogP contribution in [0.5, 0.6) is 0 Å². The number of carbonyl (C=O) groups is 1. The Labute approximate surface area is 90.0 Å². The number of H-pyrrole nitrogens is 1. The van der Waals surface area contributed by atoms with Crippen LogP contribution in [0.1, 0.15) is 10.4 Å². The quantitative estimate of drug-likeness (QED) is 0.714. The van der Waals surface area contributed by atoms with Crippen molar-refractivity contribution in [3.8, 4) is 0 Å². The molecule has 0 atom stereocenters. The maximum atomic E-state index is 11.6. The molecule has 78 valence electrons. The van der Waals surface area contributed by atoms with Gasteiger partial charge in [0.1, 0.15) is 5.56 Å². The van der Waals surface area contributed by atoms with Gasteiger partial charge in [0.15, 0.2) is 5.17 Å². The lowest BCUT2D eigenvalue weighted by molar-refractivity contribution is 0.0976. The molecule has 15 heavy (non-hydrogen) atoms. The third kappa shape index (κ3) is 2.27. The fourth-order valence-electron chi connectivity index (χ4n) is 1.18. The van der Waals surface area contributed by atoms with Gasteiger partial charge in [-0.05, 0) is 12.1 Å². The number of rotatable bonds is 1. The summed E-state index contributed by atoms with van der Waals surface area (Å²) < 4.78 is 0. The average Bonchev–Trinajstić information content (AvgIpc) is 2.71. The van der Waals surface area contributed by atoms with Gasteiger partial charge in [-0.25, -0.2) is 0 Å². The summed E-state index contributed by atoms with van der Waals surface area (Å²) in [5.41, 5.74) is -0.286. The Balaban J connectivity index is 2.15. The second-order valence-electron chi connectivity index (χ2n) is 2.90. The highest BCUT2D eigenvalue weighted by Crippen LogP contribution is 2.09. The van der Waals surface area contributed by atoms with Crippen LogP contribution in [-0.4, -0.2) is 28.4 Å². The number of nitrogens with one attached hydrogen (secondary N) is 2. The highest BCUT2D eigenvalue weighted by atomic mass is 32.2. The van der Waals surface area contributed by atoms with Gasteiger partial charge in [0.2, 0.25) is 0 Å². The first-order chi connectivity index (χ1) is 7.27. The second-order valence-corrected chi connectivity index (χ2v) is 3.99.